The molecule has 0 aliphatic carbocycles. The standard InChI is InChI=1S/C19H23N5OS/c1-5-15-6-8-16(9-7-15)14(4)21-17(25)11-26-19-22-18-20-12(2)10-13(3)24(18)23-19/h6-10,14H,5,11H2,1-4H3,(H,21,25). The number of rotatable bonds is 6. The molecule has 0 aliphatic heterocycles. The Morgan fingerprint density at radius 1 is 1.23 bits per heavy atom. The number of amides is 1. The van der Waals surface area contributed by atoms with Crippen LogP contribution in [0, 0.1) is 13.8 Å². The molecule has 3 aromatic rings. The zero-order chi connectivity index (χ0) is 18.7. The molecule has 7 heteroatoms. The molecule has 0 spiro atoms. The fourth-order valence-electron chi connectivity index (χ4n) is 2.75. The lowest BCUT2D eigenvalue weighted by atomic mass is 10.1. The molecule has 0 radical (unpaired) electrons. The average Bonchev–Trinajstić information content (AvgIpc) is 3.03. The number of aromatic nitrogens is 4. The lowest BCUT2D eigenvalue weighted by Gasteiger charge is -2.14. The third-order valence-electron chi connectivity index (χ3n) is 4.20. The van der Waals surface area contributed by atoms with Crippen LogP contribution in [0.15, 0.2) is 35.5 Å². The van der Waals surface area contributed by atoms with Crippen molar-refractivity contribution >= 4 is 23.4 Å². The van der Waals surface area contributed by atoms with Crippen molar-refractivity contribution in [3.05, 3.63) is 52.8 Å². The number of hydrogen-bond donors (Lipinski definition) is 1. The Morgan fingerprint density at radius 2 is 1.96 bits per heavy atom. The van der Waals surface area contributed by atoms with Gasteiger partial charge in [-0.15, -0.1) is 5.10 Å². The Balaban J connectivity index is 1.59. The van der Waals surface area contributed by atoms with Crippen LogP contribution in [0.4, 0.5) is 0 Å². The highest BCUT2D eigenvalue weighted by molar-refractivity contribution is 7.99. The van der Waals surface area contributed by atoms with Gasteiger partial charge in [0.2, 0.25) is 11.1 Å². The van der Waals surface area contributed by atoms with Crippen LogP contribution in [0.2, 0.25) is 0 Å². The Morgan fingerprint density at radius 3 is 2.65 bits per heavy atom. The predicted molar refractivity (Wildman–Crippen MR) is 103 cm³/mol. The first-order valence-corrected chi connectivity index (χ1v) is 9.67. The van der Waals surface area contributed by atoms with E-state index >= 15 is 0 Å². The maximum absolute atomic E-state index is 12.2. The fourth-order valence-corrected chi connectivity index (χ4v) is 3.38. The normalized spacial score (nSPS) is 12.3. The monoisotopic (exact) mass is 369 g/mol. The first kappa shape index (κ1) is 18.4. The van der Waals surface area contributed by atoms with Crippen molar-refractivity contribution in [1.82, 2.24) is 24.9 Å². The summed E-state index contributed by atoms with van der Waals surface area (Å²) in [6, 6.07) is 10.3. The second kappa shape index (κ2) is 7.86. The van der Waals surface area contributed by atoms with Gasteiger partial charge >= 0.3 is 0 Å². The van der Waals surface area contributed by atoms with Gasteiger partial charge in [0, 0.05) is 11.4 Å². The van der Waals surface area contributed by atoms with Crippen LogP contribution in [0.1, 0.15) is 42.4 Å². The number of benzene rings is 1. The van der Waals surface area contributed by atoms with Crippen LogP contribution in [0.3, 0.4) is 0 Å². The second-order valence-electron chi connectivity index (χ2n) is 6.32. The molecular weight excluding hydrogens is 346 g/mol. The predicted octanol–water partition coefficient (Wildman–Crippen LogP) is 3.27. The number of fused-ring (bicyclic) bond motifs is 1. The summed E-state index contributed by atoms with van der Waals surface area (Å²) in [7, 11) is 0. The summed E-state index contributed by atoms with van der Waals surface area (Å²) in [6.07, 6.45) is 1.01. The summed E-state index contributed by atoms with van der Waals surface area (Å²) in [4.78, 5) is 21.0. The summed E-state index contributed by atoms with van der Waals surface area (Å²) in [6.45, 7) is 8.01. The number of carbonyl (C=O) groups is 1. The molecule has 0 fully saturated rings. The number of aryl methyl sites for hydroxylation is 3. The number of nitrogens with one attached hydrogen (secondary N) is 1. The topological polar surface area (TPSA) is 72.2 Å². The van der Waals surface area contributed by atoms with Crippen LogP contribution in [0.5, 0.6) is 0 Å². The quantitative estimate of drug-likeness (QED) is 0.675. The van der Waals surface area contributed by atoms with E-state index in [0.29, 0.717) is 10.9 Å². The van der Waals surface area contributed by atoms with Crippen molar-refractivity contribution < 1.29 is 4.79 Å². The van der Waals surface area contributed by atoms with Crippen molar-refractivity contribution in [3.8, 4) is 0 Å². The molecule has 2 aromatic heterocycles. The van der Waals surface area contributed by atoms with E-state index in [0.717, 1.165) is 23.4 Å². The van der Waals surface area contributed by atoms with E-state index in [-0.39, 0.29) is 17.7 Å². The van der Waals surface area contributed by atoms with Gasteiger partial charge in [-0.2, -0.15) is 4.98 Å². The molecule has 2 heterocycles. The third kappa shape index (κ3) is 4.22. The second-order valence-corrected chi connectivity index (χ2v) is 7.26. The van der Waals surface area contributed by atoms with Crippen LogP contribution < -0.4 is 5.32 Å². The highest BCUT2D eigenvalue weighted by Crippen LogP contribution is 2.17. The molecule has 0 aliphatic rings. The van der Waals surface area contributed by atoms with E-state index in [4.69, 9.17) is 0 Å². The number of nitrogens with zero attached hydrogens (tertiary/aromatic N) is 4. The van der Waals surface area contributed by atoms with Crippen LogP contribution in [0.25, 0.3) is 5.78 Å². The smallest absolute Gasteiger partial charge is 0.253 e. The Bertz CT molecular complexity index is 920. The zero-order valence-corrected chi connectivity index (χ0v) is 16.3. The Hall–Kier alpha value is -2.41. The van der Waals surface area contributed by atoms with Gasteiger partial charge in [-0.05, 0) is 44.4 Å². The molecule has 1 aromatic carbocycles. The lowest BCUT2D eigenvalue weighted by Crippen LogP contribution is -2.28. The van der Waals surface area contributed by atoms with Crippen molar-refractivity contribution in [1.29, 1.82) is 0 Å². The minimum absolute atomic E-state index is 0.0328. The molecule has 1 amide bonds. The maximum atomic E-state index is 12.2. The summed E-state index contributed by atoms with van der Waals surface area (Å²) in [5, 5.41) is 7.98. The van der Waals surface area contributed by atoms with Gasteiger partial charge in [-0.3, -0.25) is 4.79 Å². The lowest BCUT2D eigenvalue weighted by molar-refractivity contribution is -0.119. The molecule has 0 bridgehead atoms. The van der Waals surface area contributed by atoms with E-state index in [9.17, 15) is 4.79 Å². The van der Waals surface area contributed by atoms with E-state index < -0.39 is 0 Å². The molecule has 0 saturated heterocycles. The van der Waals surface area contributed by atoms with Gasteiger partial charge in [0.25, 0.3) is 5.78 Å². The fraction of sp³-hybridized carbons (Fsp3) is 0.368. The SMILES string of the molecule is CCc1ccc(C(C)NC(=O)CSc2nc3nc(C)cc(C)n3n2)cc1. The molecule has 0 saturated carbocycles. The molecular formula is C19H23N5OS. The maximum Gasteiger partial charge on any atom is 0.253 e. The zero-order valence-electron chi connectivity index (χ0n) is 15.5. The van der Waals surface area contributed by atoms with Gasteiger partial charge in [0.15, 0.2) is 0 Å². The van der Waals surface area contributed by atoms with E-state index in [2.05, 4.69) is 51.6 Å². The molecule has 1 N–H and O–H groups in total. The molecule has 1 unspecified atom stereocenters. The summed E-state index contributed by atoms with van der Waals surface area (Å²) in [5.74, 6) is 0.795. The van der Waals surface area contributed by atoms with Crippen molar-refractivity contribution in [3.63, 3.8) is 0 Å². The first-order chi connectivity index (χ1) is 12.5. The van der Waals surface area contributed by atoms with Gasteiger partial charge in [0.1, 0.15) is 0 Å². The largest absolute Gasteiger partial charge is 0.349 e. The minimum Gasteiger partial charge on any atom is -0.349 e. The summed E-state index contributed by atoms with van der Waals surface area (Å²) in [5.41, 5.74) is 4.27. The summed E-state index contributed by atoms with van der Waals surface area (Å²) >= 11 is 1.32. The van der Waals surface area contributed by atoms with Gasteiger partial charge in [0.05, 0.1) is 11.8 Å². The molecule has 6 nitrogen and oxygen atoms in total. The van der Waals surface area contributed by atoms with E-state index in [1.54, 1.807) is 4.52 Å². The van der Waals surface area contributed by atoms with Crippen molar-refractivity contribution in [2.75, 3.05) is 5.75 Å². The average molecular weight is 369 g/mol. The molecule has 1 atom stereocenters. The van der Waals surface area contributed by atoms with E-state index in [1.165, 1.54) is 17.3 Å². The van der Waals surface area contributed by atoms with Crippen LogP contribution in [-0.4, -0.2) is 31.2 Å². The number of hydrogen-bond acceptors (Lipinski definition) is 5. The molecule has 136 valence electrons. The summed E-state index contributed by atoms with van der Waals surface area (Å²) < 4.78 is 1.70. The minimum atomic E-state index is -0.0400. The molecule has 3 rings (SSSR count). The van der Waals surface area contributed by atoms with Crippen LogP contribution in [-0.2, 0) is 11.2 Å². The van der Waals surface area contributed by atoms with E-state index in [1.807, 2.05) is 26.8 Å². The highest BCUT2D eigenvalue weighted by atomic mass is 32.2. The van der Waals surface area contributed by atoms with Gasteiger partial charge < -0.3 is 5.32 Å². The van der Waals surface area contributed by atoms with Gasteiger partial charge in [-0.1, -0.05) is 43.0 Å². The first-order valence-electron chi connectivity index (χ1n) is 8.68. The Labute approximate surface area is 157 Å². The van der Waals surface area contributed by atoms with Crippen molar-refractivity contribution in [2.24, 2.45) is 0 Å². The highest BCUT2D eigenvalue weighted by Gasteiger charge is 2.13. The van der Waals surface area contributed by atoms with Gasteiger partial charge in [-0.25, -0.2) is 9.50 Å². The number of thioether (sulfide) groups is 1. The van der Waals surface area contributed by atoms with Crippen LogP contribution >= 0.6 is 11.8 Å². The van der Waals surface area contributed by atoms with Crippen molar-refractivity contribution in [2.45, 2.75) is 45.3 Å². The number of carbonyl (C=O) groups excluding carboxylic acids is 1. The Kier molecular flexibility index (Phi) is 5.56. The third-order valence-corrected chi connectivity index (χ3v) is 5.03. The molecule has 26 heavy (non-hydrogen) atoms.